The number of aromatic nitrogens is 2. The van der Waals surface area contributed by atoms with Gasteiger partial charge in [0.1, 0.15) is 0 Å². The zero-order valence-corrected chi connectivity index (χ0v) is 12.6. The molecule has 0 aliphatic carbocycles. The van der Waals surface area contributed by atoms with Gasteiger partial charge in [-0.25, -0.2) is 4.98 Å². The Hall–Kier alpha value is -2.95. The minimum atomic E-state index is 0.501. The molecule has 0 aliphatic heterocycles. The first-order valence-corrected chi connectivity index (χ1v) is 7.04. The van der Waals surface area contributed by atoms with E-state index in [1.165, 1.54) is 11.3 Å². The fraction of sp³-hybridized carbons (Fsp3) is 0.118. The lowest BCUT2D eigenvalue weighted by Crippen LogP contribution is -2.10. The first-order valence-electron chi connectivity index (χ1n) is 7.04. The summed E-state index contributed by atoms with van der Waals surface area (Å²) in [5.41, 5.74) is 4.32. The van der Waals surface area contributed by atoms with Crippen LogP contribution in [0.1, 0.15) is 5.56 Å². The molecule has 1 aromatic heterocycles. The topological polar surface area (TPSA) is 56.6 Å². The highest BCUT2D eigenvalue weighted by Crippen LogP contribution is 2.28. The van der Waals surface area contributed by atoms with Gasteiger partial charge in [0.15, 0.2) is 0 Å². The summed E-state index contributed by atoms with van der Waals surface area (Å²) >= 11 is 0. The summed E-state index contributed by atoms with van der Waals surface area (Å²) < 4.78 is 0. The van der Waals surface area contributed by atoms with Gasteiger partial charge < -0.3 is 9.88 Å². The van der Waals surface area contributed by atoms with Crippen molar-refractivity contribution in [1.29, 1.82) is 0 Å². The number of anilines is 2. The second kappa shape index (κ2) is 6.22. The third kappa shape index (κ3) is 3.03. The summed E-state index contributed by atoms with van der Waals surface area (Å²) in [6.45, 7) is 2.11. The van der Waals surface area contributed by atoms with E-state index in [0.29, 0.717) is 5.95 Å². The third-order valence-electron chi connectivity index (χ3n) is 3.46. The van der Waals surface area contributed by atoms with E-state index in [2.05, 4.69) is 51.2 Å². The zero-order chi connectivity index (χ0) is 15.4. The van der Waals surface area contributed by atoms with Crippen LogP contribution in [0.4, 0.5) is 23.0 Å². The predicted molar refractivity (Wildman–Crippen MR) is 88.4 cm³/mol. The van der Waals surface area contributed by atoms with Gasteiger partial charge in [0.25, 0.3) is 0 Å². The highest BCUT2D eigenvalue weighted by molar-refractivity contribution is 5.66. The average molecular weight is 291 g/mol. The van der Waals surface area contributed by atoms with Gasteiger partial charge in [0.2, 0.25) is 5.95 Å². The van der Waals surface area contributed by atoms with Crippen LogP contribution in [0, 0.1) is 6.92 Å². The van der Waals surface area contributed by atoms with E-state index >= 15 is 0 Å². The Labute approximate surface area is 129 Å². The first kappa shape index (κ1) is 14.0. The monoisotopic (exact) mass is 291 g/mol. The molecular weight excluding hydrogens is 274 g/mol. The number of nitrogens with one attached hydrogen (secondary N) is 1. The number of rotatable bonds is 4. The van der Waals surface area contributed by atoms with Crippen LogP contribution in [0.15, 0.2) is 71.2 Å². The van der Waals surface area contributed by atoms with E-state index < -0.39 is 0 Å². The molecule has 2 aromatic carbocycles. The van der Waals surface area contributed by atoms with E-state index in [9.17, 15) is 0 Å². The largest absolute Gasteiger partial charge is 0.344 e. The molecule has 5 nitrogen and oxygen atoms in total. The molecule has 0 fully saturated rings. The molecule has 3 rings (SSSR count). The normalized spacial score (nSPS) is 11.0. The molecule has 0 radical (unpaired) electrons. The Kier molecular flexibility index (Phi) is 3.96. The van der Waals surface area contributed by atoms with Crippen LogP contribution in [0.25, 0.3) is 0 Å². The minimum absolute atomic E-state index is 0.501. The van der Waals surface area contributed by atoms with Crippen LogP contribution < -0.4 is 4.90 Å². The van der Waals surface area contributed by atoms with Crippen LogP contribution >= 0.6 is 0 Å². The van der Waals surface area contributed by atoms with Crippen molar-refractivity contribution in [3.05, 3.63) is 66.5 Å². The number of aryl methyl sites for hydroxylation is 1. The molecule has 5 heteroatoms. The summed E-state index contributed by atoms with van der Waals surface area (Å²) in [4.78, 5) is 9.04. The smallest absolute Gasteiger partial charge is 0.246 e. The second-order valence-electron chi connectivity index (χ2n) is 4.97. The number of imidazole rings is 1. The summed E-state index contributed by atoms with van der Waals surface area (Å²) in [6, 6.07) is 16.3. The lowest BCUT2D eigenvalue weighted by atomic mass is 10.1. The van der Waals surface area contributed by atoms with Crippen molar-refractivity contribution in [2.75, 3.05) is 11.9 Å². The van der Waals surface area contributed by atoms with Gasteiger partial charge >= 0.3 is 0 Å². The first-order chi connectivity index (χ1) is 10.7. The van der Waals surface area contributed by atoms with Crippen molar-refractivity contribution in [1.82, 2.24) is 9.97 Å². The molecule has 0 bridgehead atoms. The van der Waals surface area contributed by atoms with Crippen LogP contribution in [-0.2, 0) is 0 Å². The number of hydrogen-bond acceptors (Lipinski definition) is 4. The number of H-pyrrole nitrogens is 1. The number of hydrogen-bond donors (Lipinski definition) is 1. The number of benzene rings is 2. The van der Waals surface area contributed by atoms with Crippen LogP contribution in [0.3, 0.4) is 0 Å². The number of para-hydroxylation sites is 1. The molecule has 0 unspecified atom stereocenters. The number of azo groups is 1. The lowest BCUT2D eigenvalue weighted by molar-refractivity contribution is 1.12. The van der Waals surface area contributed by atoms with E-state index in [1.54, 1.807) is 12.4 Å². The molecule has 0 amide bonds. The molecule has 3 aromatic rings. The summed E-state index contributed by atoms with van der Waals surface area (Å²) in [6.07, 6.45) is 3.36. The Balaban J connectivity index is 1.78. The Bertz CT molecular complexity index is 760. The Morgan fingerprint density at radius 2 is 1.77 bits per heavy atom. The van der Waals surface area contributed by atoms with Crippen LogP contribution in [0.5, 0.6) is 0 Å². The maximum atomic E-state index is 4.15. The van der Waals surface area contributed by atoms with Gasteiger partial charge in [-0.2, -0.15) is 0 Å². The minimum Gasteiger partial charge on any atom is -0.344 e. The quantitative estimate of drug-likeness (QED) is 0.695. The van der Waals surface area contributed by atoms with Crippen molar-refractivity contribution < 1.29 is 0 Å². The number of aromatic amines is 1. The van der Waals surface area contributed by atoms with Crippen molar-refractivity contribution in [3.8, 4) is 0 Å². The fourth-order valence-electron chi connectivity index (χ4n) is 2.24. The Morgan fingerprint density at radius 3 is 2.45 bits per heavy atom. The van der Waals surface area contributed by atoms with Gasteiger partial charge in [0, 0.05) is 30.8 Å². The van der Waals surface area contributed by atoms with Gasteiger partial charge in [-0.1, -0.05) is 18.2 Å². The molecule has 110 valence electrons. The molecular formula is C17H17N5. The van der Waals surface area contributed by atoms with E-state index in [-0.39, 0.29) is 0 Å². The predicted octanol–water partition coefficient (Wildman–Crippen LogP) is 4.90. The van der Waals surface area contributed by atoms with Crippen molar-refractivity contribution in [3.63, 3.8) is 0 Å². The SMILES string of the molecule is Cc1ccccc1N(C)c1ccc(N=Nc2ncc[nH]2)cc1. The van der Waals surface area contributed by atoms with Gasteiger partial charge in [-0.05, 0) is 42.8 Å². The van der Waals surface area contributed by atoms with Gasteiger partial charge in [0.05, 0.1) is 5.69 Å². The summed E-state index contributed by atoms with van der Waals surface area (Å²) in [5.74, 6) is 0.501. The standard InChI is InChI=1S/C17H17N5/c1-13-5-3-4-6-16(13)22(2)15-9-7-14(8-10-15)20-21-17-18-11-12-19-17/h3-12H,1-2H3,(H,18,19). The molecule has 0 atom stereocenters. The molecule has 0 spiro atoms. The van der Waals surface area contributed by atoms with E-state index in [4.69, 9.17) is 0 Å². The molecule has 22 heavy (non-hydrogen) atoms. The van der Waals surface area contributed by atoms with E-state index in [0.717, 1.165) is 11.4 Å². The lowest BCUT2D eigenvalue weighted by Gasteiger charge is -2.21. The maximum Gasteiger partial charge on any atom is 0.246 e. The van der Waals surface area contributed by atoms with Gasteiger partial charge in [-0.3, -0.25) is 0 Å². The highest BCUT2D eigenvalue weighted by atomic mass is 15.2. The van der Waals surface area contributed by atoms with Crippen molar-refractivity contribution >= 4 is 23.0 Å². The summed E-state index contributed by atoms with van der Waals surface area (Å²) in [7, 11) is 2.06. The highest BCUT2D eigenvalue weighted by Gasteiger charge is 2.06. The maximum absolute atomic E-state index is 4.15. The molecule has 1 heterocycles. The molecule has 0 saturated carbocycles. The van der Waals surface area contributed by atoms with Crippen LogP contribution in [0.2, 0.25) is 0 Å². The van der Waals surface area contributed by atoms with Crippen molar-refractivity contribution in [2.45, 2.75) is 6.92 Å². The van der Waals surface area contributed by atoms with Crippen molar-refractivity contribution in [2.24, 2.45) is 10.2 Å². The summed E-state index contributed by atoms with van der Waals surface area (Å²) in [5, 5.41) is 8.18. The van der Waals surface area contributed by atoms with Gasteiger partial charge in [-0.15, -0.1) is 10.2 Å². The average Bonchev–Trinajstić information content (AvgIpc) is 3.07. The second-order valence-corrected chi connectivity index (χ2v) is 4.97. The molecule has 0 saturated heterocycles. The fourth-order valence-corrected chi connectivity index (χ4v) is 2.24. The molecule has 1 N–H and O–H groups in total. The molecule has 0 aliphatic rings. The Morgan fingerprint density at radius 1 is 1.00 bits per heavy atom. The van der Waals surface area contributed by atoms with Crippen LogP contribution in [-0.4, -0.2) is 17.0 Å². The zero-order valence-electron chi connectivity index (χ0n) is 12.6. The number of nitrogens with zero attached hydrogens (tertiary/aromatic N) is 4. The third-order valence-corrected chi connectivity index (χ3v) is 3.46. The van der Waals surface area contributed by atoms with E-state index in [1.807, 2.05) is 36.4 Å².